The van der Waals surface area contributed by atoms with Gasteiger partial charge >= 0.3 is 5.97 Å². The van der Waals surface area contributed by atoms with Gasteiger partial charge in [-0.15, -0.1) is 0 Å². The lowest BCUT2D eigenvalue weighted by molar-refractivity contribution is -0.273. The Hall–Kier alpha value is -3.96. The number of aromatic hydroxyl groups is 2. The largest absolute Gasteiger partial charge is 0.508 e. The average Bonchev–Trinajstić information content (AvgIpc) is 2.97. The number of hydrogen-bond donors (Lipinski definition) is 7. The molecule has 5 rings (SSSR count). The molecular formula is C29H32O15. The van der Waals surface area contributed by atoms with Crippen LogP contribution in [-0.4, -0.2) is 103 Å². The number of aliphatic hydroxyl groups is 5. The normalized spacial score (nSPS) is 32.3. The molecular weight excluding hydrogens is 588 g/mol. The highest BCUT2D eigenvalue weighted by molar-refractivity contribution is 5.88. The molecule has 1 aromatic heterocycles. The van der Waals surface area contributed by atoms with Crippen LogP contribution < -0.4 is 14.9 Å². The summed E-state index contributed by atoms with van der Waals surface area (Å²) in [6.45, 7) is 3.96. The topological polar surface area (TPSA) is 235 Å². The maximum atomic E-state index is 13.9. The molecule has 2 aliphatic heterocycles. The van der Waals surface area contributed by atoms with E-state index in [1.807, 2.05) is 0 Å². The van der Waals surface area contributed by atoms with Crippen molar-refractivity contribution in [1.29, 1.82) is 0 Å². The third-order valence-corrected chi connectivity index (χ3v) is 7.42. The molecule has 44 heavy (non-hydrogen) atoms. The summed E-state index contributed by atoms with van der Waals surface area (Å²) < 4.78 is 33.8. The first-order valence-corrected chi connectivity index (χ1v) is 13.6. The molecule has 2 aliphatic rings. The molecule has 3 heterocycles. The number of hydrogen-bond acceptors (Lipinski definition) is 15. The zero-order valence-corrected chi connectivity index (χ0v) is 23.6. The Kier molecular flexibility index (Phi) is 8.73. The lowest BCUT2D eigenvalue weighted by Crippen LogP contribution is -2.59. The second-order valence-electron chi connectivity index (χ2n) is 10.6. The lowest BCUT2D eigenvalue weighted by atomic mass is 9.99. The molecule has 0 spiro atoms. The third kappa shape index (κ3) is 5.90. The van der Waals surface area contributed by atoms with E-state index in [0.717, 1.165) is 13.0 Å². The molecule has 0 radical (unpaired) electrons. The number of fused-ring (bicyclic) bond motifs is 1. The maximum absolute atomic E-state index is 13.9. The molecule has 15 nitrogen and oxygen atoms in total. The molecule has 0 saturated carbocycles. The molecule has 7 N–H and O–H groups in total. The average molecular weight is 621 g/mol. The molecule has 0 bridgehead atoms. The van der Waals surface area contributed by atoms with Gasteiger partial charge in [0, 0.05) is 24.6 Å². The van der Waals surface area contributed by atoms with Crippen molar-refractivity contribution in [2.75, 3.05) is 0 Å². The van der Waals surface area contributed by atoms with Crippen molar-refractivity contribution in [3.8, 4) is 34.3 Å². The van der Waals surface area contributed by atoms with Gasteiger partial charge in [0.15, 0.2) is 11.9 Å². The predicted octanol–water partition coefficient (Wildman–Crippen LogP) is -0.145. The molecule has 2 fully saturated rings. The van der Waals surface area contributed by atoms with Gasteiger partial charge in [0.1, 0.15) is 58.7 Å². The van der Waals surface area contributed by atoms with Gasteiger partial charge in [0.05, 0.1) is 12.2 Å². The van der Waals surface area contributed by atoms with Crippen LogP contribution in [0.3, 0.4) is 0 Å². The van der Waals surface area contributed by atoms with E-state index in [-0.39, 0.29) is 33.8 Å². The van der Waals surface area contributed by atoms with Crippen molar-refractivity contribution in [1.82, 2.24) is 0 Å². The summed E-state index contributed by atoms with van der Waals surface area (Å²) in [6.07, 6.45) is -14.3. The molecule has 2 saturated heterocycles. The minimum absolute atomic E-state index is 0.100. The first kappa shape index (κ1) is 31.5. The summed E-state index contributed by atoms with van der Waals surface area (Å²) in [4.78, 5) is 25.7. The van der Waals surface area contributed by atoms with Crippen molar-refractivity contribution < 1.29 is 68.6 Å². The summed E-state index contributed by atoms with van der Waals surface area (Å²) in [7, 11) is 0. The third-order valence-electron chi connectivity index (χ3n) is 7.42. The molecule has 238 valence electrons. The fourth-order valence-electron chi connectivity index (χ4n) is 5.01. The Morgan fingerprint density at radius 2 is 1.41 bits per heavy atom. The van der Waals surface area contributed by atoms with Gasteiger partial charge in [-0.2, -0.15) is 0 Å². The van der Waals surface area contributed by atoms with Gasteiger partial charge in [-0.25, -0.2) is 0 Å². The van der Waals surface area contributed by atoms with Crippen LogP contribution in [0.4, 0.5) is 0 Å². The molecule has 10 atom stereocenters. The summed E-state index contributed by atoms with van der Waals surface area (Å²) in [5, 5.41) is 71.6. The van der Waals surface area contributed by atoms with Crippen LogP contribution in [0, 0.1) is 0 Å². The highest BCUT2D eigenvalue weighted by Gasteiger charge is 2.47. The highest BCUT2D eigenvalue weighted by atomic mass is 16.7. The van der Waals surface area contributed by atoms with Gasteiger partial charge in [-0.1, -0.05) is 0 Å². The maximum Gasteiger partial charge on any atom is 0.303 e. The van der Waals surface area contributed by atoms with Crippen LogP contribution in [-0.2, 0) is 19.0 Å². The van der Waals surface area contributed by atoms with Gasteiger partial charge in [0.25, 0.3) is 0 Å². The Labute approximate surface area is 249 Å². The number of phenolic OH excluding ortho intramolecular Hbond substituents is 2. The number of phenols is 2. The van der Waals surface area contributed by atoms with Crippen LogP contribution in [0.1, 0.15) is 20.8 Å². The van der Waals surface area contributed by atoms with Crippen molar-refractivity contribution in [2.45, 2.75) is 82.2 Å². The van der Waals surface area contributed by atoms with Gasteiger partial charge in [-0.3, -0.25) is 9.59 Å². The smallest absolute Gasteiger partial charge is 0.303 e. The Morgan fingerprint density at radius 3 is 2.05 bits per heavy atom. The van der Waals surface area contributed by atoms with E-state index in [9.17, 15) is 45.3 Å². The van der Waals surface area contributed by atoms with Gasteiger partial charge in [0.2, 0.25) is 23.8 Å². The Balaban J connectivity index is 1.60. The Bertz CT molecular complexity index is 1570. The summed E-state index contributed by atoms with van der Waals surface area (Å²) in [5.41, 5.74) is -0.921. The van der Waals surface area contributed by atoms with E-state index in [1.54, 1.807) is 0 Å². The number of ether oxygens (including phenoxy) is 5. The zero-order chi connectivity index (χ0) is 32.0. The zero-order valence-electron chi connectivity index (χ0n) is 23.6. The van der Waals surface area contributed by atoms with Gasteiger partial charge in [-0.05, 0) is 38.1 Å². The number of carbonyl (C=O) groups is 1. The summed E-state index contributed by atoms with van der Waals surface area (Å²) >= 11 is 0. The van der Waals surface area contributed by atoms with Crippen LogP contribution in [0.5, 0.6) is 23.0 Å². The highest BCUT2D eigenvalue weighted by Crippen LogP contribution is 2.38. The molecule has 3 aromatic rings. The van der Waals surface area contributed by atoms with E-state index in [0.29, 0.717) is 0 Å². The van der Waals surface area contributed by atoms with Crippen LogP contribution >= 0.6 is 0 Å². The van der Waals surface area contributed by atoms with E-state index >= 15 is 0 Å². The molecule has 0 aliphatic carbocycles. The molecule has 0 amide bonds. The lowest BCUT2D eigenvalue weighted by Gasteiger charge is -2.40. The van der Waals surface area contributed by atoms with E-state index < -0.39 is 84.3 Å². The molecule has 15 heteroatoms. The van der Waals surface area contributed by atoms with Crippen LogP contribution in [0.15, 0.2) is 45.6 Å². The standard InChI is InChI=1S/C29H32O15/c1-10-19(33)22(36)24(38)28(39-10)42-15-8-16(32)18-17(9-15)43-25(13-4-6-14(31)7-5-13)26(21(18)35)44-29-27(41-12(3)30)23(37)20(34)11(2)40-29/h4-11,19-20,22-24,27-29,31-34,36-38H,1-3H3/t10-,11-,19-,20-,22+,23+,24+,27+,28-,29-/m0/s1. The SMILES string of the molecule is CC(=O)O[C@H]1[C@H](Oc2c(-c3ccc(O)cc3)oc3cc(O[C@@H]4O[C@@H](C)[C@H](O)[C@@H](O)[C@H]4O)cc(O)c3c2=O)O[C@@H](C)[C@H](O)[C@H]1O. The minimum atomic E-state index is -1.66. The fraction of sp³-hybridized carbons (Fsp3) is 0.448. The number of aliphatic hydroxyl groups excluding tert-OH is 5. The fourth-order valence-corrected chi connectivity index (χ4v) is 5.01. The molecule has 0 unspecified atom stereocenters. The van der Waals surface area contributed by atoms with Crippen LogP contribution in [0.25, 0.3) is 22.3 Å². The van der Waals surface area contributed by atoms with Crippen molar-refractivity contribution in [2.24, 2.45) is 0 Å². The number of rotatable bonds is 6. The Morgan fingerprint density at radius 1 is 0.795 bits per heavy atom. The first-order valence-electron chi connectivity index (χ1n) is 13.6. The number of carbonyl (C=O) groups excluding carboxylic acids is 1. The van der Waals surface area contributed by atoms with Gasteiger partial charge < -0.3 is 63.8 Å². The second kappa shape index (κ2) is 12.2. The van der Waals surface area contributed by atoms with E-state index in [4.69, 9.17) is 28.1 Å². The summed E-state index contributed by atoms with van der Waals surface area (Å²) in [5.74, 6) is -2.46. The monoisotopic (exact) mass is 620 g/mol. The number of esters is 1. The minimum Gasteiger partial charge on any atom is -0.508 e. The second-order valence-corrected chi connectivity index (χ2v) is 10.6. The van der Waals surface area contributed by atoms with Crippen molar-refractivity contribution >= 4 is 16.9 Å². The van der Waals surface area contributed by atoms with Crippen molar-refractivity contribution in [3.05, 3.63) is 46.6 Å². The van der Waals surface area contributed by atoms with E-state index in [2.05, 4.69) is 0 Å². The molecule has 2 aromatic carbocycles. The van der Waals surface area contributed by atoms with E-state index in [1.165, 1.54) is 44.2 Å². The van der Waals surface area contributed by atoms with Crippen LogP contribution in [0.2, 0.25) is 0 Å². The quantitative estimate of drug-likeness (QED) is 0.178. The summed E-state index contributed by atoms with van der Waals surface area (Å²) in [6, 6.07) is 7.66. The first-order chi connectivity index (χ1) is 20.8. The van der Waals surface area contributed by atoms with Crippen molar-refractivity contribution in [3.63, 3.8) is 0 Å². The predicted molar refractivity (Wildman–Crippen MR) is 147 cm³/mol. The number of benzene rings is 2.